The summed E-state index contributed by atoms with van der Waals surface area (Å²) in [5.74, 6) is 1.83. The molecular weight excluding hydrogens is 468 g/mol. The first-order valence-electron chi connectivity index (χ1n) is 12.2. The number of nitrogens with zero attached hydrogens (tertiary/aromatic N) is 7. The van der Waals surface area contributed by atoms with Crippen molar-refractivity contribution in [3.63, 3.8) is 0 Å². The molecule has 0 radical (unpaired) electrons. The molecule has 1 aliphatic rings. The van der Waals surface area contributed by atoms with Crippen molar-refractivity contribution in [2.75, 3.05) is 18.9 Å². The standard InChI is InChI=1S/C27H28N8O2/c1-27(2,3)35-23-7-4-17(18-12-30-26(28)31-13-18)10-22(23)33-25(35)21-6-5-19(37-20-8-9-36-14-20)11-24(21)34-16-29-15-32-34/h4-7,10-13,15-16,20H,8-9,14H2,1-3H3,(H2,28,30,31). The average Bonchev–Trinajstić information content (AvgIpc) is 3.64. The molecule has 10 nitrogen and oxygen atoms in total. The molecule has 3 aromatic heterocycles. The summed E-state index contributed by atoms with van der Waals surface area (Å²) >= 11 is 0. The second-order valence-electron chi connectivity index (χ2n) is 10.1. The lowest BCUT2D eigenvalue weighted by atomic mass is 10.0. The first-order chi connectivity index (χ1) is 17.9. The van der Waals surface area contributed by atoms with Crippen molar-refractivity contribution in [3.8, 4) is 34.0 Å². The quantitative estimate of drug-likeness (QED) is 0.384. The van der Waals surface area contributed by atoms with Crippen LogP contribution in [-0.4, -0.2) is 53.6 Å². The molecule has 0 bridgehead atoms. The first kappa shape index (κ1) is 23.1. The van der Waals surface area contributed by atoms with E-state index in [2.05, 4.69) is 63.6 Å². The molecule has 0 spiro atoms. The van der Waals surface area contributed by atoms with Crippen molar-refractivity contribution < 1.29 is 9.47 Å². The van der Waals surface area contributed by atoms with Crippen molar-refractivity contribution in [1.29, 1.82) is 0 Å². The lowest BCUT2D eigenvalue weighted by Gasteiger charge is -2.25. The van der Waals surface area contributed by atoms with Gasteiger partial charge in [0.25, 0.3) is 0 Å². The molecule has 1 saturated heterocycles. The van der Waals surface area contributed by atoms with Crippen molar-refractivity contribution in [2.24, 2.45) is 0 Å². The van der Waals surface area contributed by atoms with Gasteiger partial charge in [-0.25, -0.2) is 24.6 Å². The number of nitrogens with two attached hydrogens (primary N) is 1. The second-order valence-corrected chi connectivity index (χ2v) is 10.1. The molecule has 2 N–H and O–H groups in total. The lowest BCUT2D eigenvalue weighted by molar-refractivity contribution is 0.141. The Kier molecular flexibility index (Phi) is 5.60. The SMILES string of the molecule is CC(C)(C)n1c(-c2ccc(OC3CCOC3)cc2-n2cncn2)nc2cc(-c3cnc(N)nc3)ccc21. The Morgan fingerprint density at radius 2 is 1.89 bits per heavy atom. The molecule has 0 aliphatic carbocycles. The molecule has 5 aromatic rings. The van der Waals surface area contributed by atoms with Crippen LogP contribution in [0.15, 0.2) is 61.4 Å². The van der Waals surface area contributed by atoms with Gasteiger partial charge < -0.3 is 19.8 Å². The molecule has 37 heavy (non-hydrogen) atoms. The highest BCUT2D eigenvalue weighted by molar-refractivity contribution is 5.87. The Labute approximate surface area is 214 Å². The third kappa shape index (κ3) is 4.40. The Morgan fingerprint density at radius 1 is 1.05 bits per heavy atom. The van der Waals surface area contributed by atoms with Gasteiger partial charge >= 0.3 is 0 Å². The number of hydrogen-bond acceptors (Lipinski definition) is 8. The Balaban J connectivity index is 1.51. The number of ether oxygens (including phenoxy) is 2. The smallest absolute Gasteiger partial charge is 0.219 e. The highest BCUT2D eigenvalue weighted by Gasteiger charge is 2.26. The Bertz CT molecular complexity index is 1550. The molecule has 188 valence electrons. The van der Waals surface area contributed by atoms with E-state index < -0.39 is 0 Å². The van der Waals surface area contributed by atoms with E-state index in [0.717, 1.165) is 58.0 Å². The van der Waals surface area contributed by atoms with Gasteiger partial charge in [-0.15, -0.1) is 0 Å². The molecule has 1 fully saturated rings. The second kappa shape index (κ2) is 8.97. The molecule has 0 amide bonds. The summed E-state index contributed by atoms with van der Waals surface area (Å²) in [6, 6.07) is 12.2. The maximum Gasteiger partial charge on any atom is 0.219 e. The summed E-state index contributed by atoms with van der Waals surface area (Å²) < 4.78 is 15.7. The predicted molar refractivity (Wildman–Crippen MR) is 140 cm³/mol. The zero-order valence-corrected chi connectivity index (χ0v) is 21.0. The van der Waals surface area contributed by atoms with Gasteiger partial charge in [0.15, 0.2) is 0 Å². The van der Waals surface area contributed by atoms with E-state index in [-0.39, 0.29) is 17.6 Å². The molecule has 6 rings (SSSR count). The van der Waals surface area contributed by atoms with Crippen LogP contribution < -0.4 is 10.5 Å². The molecule has 10 heteroatoms. The summed E-state index contributed by atoms with van der Waals surface area (Å²) in [5, 5.41) is 4.42. The third-order valence-electron chi connectivity index (χ3n) is 6.40. The van der Waals surface area contributed by atoms with Crippen LogP contribution in [0.3, 0.4) is 0 Å². The van der Waals surface area contributed by atoms with Gasteiger partial charge in [0, 0.05) is 41.5 Å². The van der Waals surface area contributed by atoms with Crippen LogP contribution in [-0.2, 0) is 10.3 Å². The van der Waals surface area contributed by atoms with Crippen LogP contribution in [0.25, 0.3) is 39.2 Å². The molecule has 2 aromatic carbocycles. The molecule has 1 aliphatic heterocycles. The summed E-state index contributed by atoms with van der Waals surface area (Å²) in [6.45, 7) is 7.84. The number of benzene rings is 2. The van der Waals surface area contributed by atoms with Crippen molar-refractivity contribution >= 4 is 17.0 Å². The van der Waals surface area contributed by atoms with Crippen LogP contribution >= 0.6 is 0 Å². The number of anilines is 1. The number of hydrogen-bond donors (Lipinski definition) is 1. The van der Waals surface area contributed by atoms with E-state index >= 15 is 0 Å². The minimum Gasteiger partial charge on any atom is -0.488 e. The van der Waals surface area contributed by atoms with Gasteiger partial charge in [0.1, 0.15) is 30.3 Å². The fourth-order valence-corrected chi connectivity index (χ4v) is 4.70. The Morgan fingerprint density at radius 3 is 2.59 bits per heavy atom. The van der Waals surface area contributed by atoms with E-state index in [9.17, 15) is 0 Å². The topological polar surface area (TPSA) is 119 Å². The van der Waals surface area contributed by atoms with Gasteiger partial charge in [-0.1, -0.05) is 6.07 Å². The molecule has 4 heterocycles. The minimum absolute atomic E-state index is 0.0457. The summed E-state index contributed by atoms with van der Waals surface area (Å²) in [6.07, 6.45) is 7.58. The van der Waals surface area contributed by atoms with Gasteiger partial charge in [0.05, 0.1) is 29.9 Å². The zero-order valence-electron chi connectivity index (χ0n) is 21.0. The van der Waals surface area contributed by atoms with Crippen LogP contribution in [0.1, 0.15) is 27.2 Å². The molecular formula is C27H28N8O2. The van der Waals surface area contributed by atoms with E-state index in [1.807, 2.05) is 18.2 Å². The van der Waals surface area contributed by atoms with Crippen molar-refractivity contribution in [2.45, 2.75) is 38.8 Å². The molecule has 1 atom stereocenters. The molecule has 0 saturated carbocycles. The normalized spacial score (nSPS) is 15.9. The van der Waals surface area contributed by atoms with Gasteiger partial charge in [0.2, 0.25) is 5.95 Å². The largest absolute Gasteiger partial charge is 0.488 e. The number of nitrogen functional groups attached to an aromatic ring is 1. The van der Waals surface area contributed by atoms with Gasteiger partial charge in [-0.05, 0) is 50.6 Å². The number of imidazole rings is 1. The van der Waals surface area contributed by atoms with E-state index in [4.69, 9.17) is 20.2 Å². The van der Waals surface area contributed by atoms with E-state index in [0.29, 0.717) is 6.61 Å². The summed E-state index contributed by atoms with van der Waals surface area (Å²) in [4.78, 5) is 17.6. The number of rotatable bonds is 5. The maximum absolute atomic E-state index is 6.20. The van der Waals surface area contributed by atoms with Crippen molar-refractivity contribution in [3.05, 3.63) is 61.4 Å². The van der Waals surface area contributed by atoms with Crippen LogP contribution in [0.2, 0.25) is 0 Å². The van der Waals surface area contributed by atoms with E-state index in [1.54, 1.807) is 23.4 Å². The van der Waals surface area contributed by atoms with Gasteiger partial charge in [-0.3, -0.25) is 0 Å². The number of fused-ring (bicyclic) bond motifs is 1. The van der Waals surface area contributed by atoms with E-state index in [1.165, 1.54) is 6.33 Å². The highest BCUT2D eigenvalue weighted by Crippen LogP contribution is 2.37. The van der Waals surface area contributed by atoms with Crippen molar-refractivity contribution in [1.82, 2.24) is 34.3 Å². The summed E-state index contributed by atoms with van der Waals surface area (Å²) in [5.41, 5.74) is 10.9. The summed E-state index contributed by atoms with van der Waals surface area (Å²) in [7, 11) is 0. The predicted octanol–water partition coefficient (Wildman–Crippen LogP) is 4.25. The fourth-order valence-electron chi connectivity index (χ4n) is 4.70. The lowest BCUT2D eigenvalue weighted by Crippen LogP contribution is -2.23. The first-order valence-corrected chi connectivity index (χ1v) is 12.2. The monoisotopic (exact) mass is 496 g/mol. The fraction of sp³-hybridized carbons (Fsp3) is 0.296. The van der Waals surface area contributed by atoms with Crippen LogP contribution in [0, 0.1) is 0 Å². The third-order valence-corrected chi connectivity index (χ3v) is 6.40. The minimum atomic E-state index is -0.244. The maximum atomic E-state index is 6.20. The average molecular weight is 497 g/mol. The van der Waals surface area contributed by atoms with Crippen LogP contribution in [0.4, 0.5) is 5.95 Å². The number of aromatic nitrogens is 7. The zero-order chi connectivity index (χ0) is 25.6. The highest BCUT2D eigenvalue weighted by atomic mass is 16.5. The van der Waals surface area contributed by atoms with Crippen LogP contribution in [0.5, 0.6) is 5.75 Å². The Hall–Kier alpha value is -4.31. The van der Waals surface area contributed by atoms with Gasteiger partial charge in [-0.2, -0.15) is 5.10 Å². The molecule has 1 unspecified atom stereocenters.